The summed E-state index contributed by atoms with van der Waals surface area (Å²) in [6.07, 6.45) is 3.58. The molecule has 29 heavy (non-hydrogen) atoms. The van der Waals surface area contributed by atoms with Gasteiger partial charge in [0.1, 0.15) is 6.17 Å². The van der Waals surface area contributed by atoms with Crippen molar-refractivity contribution in [2.45, 2.75) is 38.8 Å². The molecule has 8 heteroatoms. The molecule has 5 rings (SSSR count). The smallest absolute Gasteiger partial charge is 0.247 e. The van der Waals surface area contributed by atoms with Crippen LogP contribution in [0.25, 0.3) is 11.4 Å². The van der Waals surface area contributed by atoms with E-state index >= 15 is 0 Å². The van der Waals surface area contributed by atoms with Crippen molar-refractivity contribution in [3.8, 4) is 11.4 Å². The molecule has 1 amide bonds. The van der Waals surface area contributed by atoms with Crippen LogP contribution < -0.4 is 16.1 Å². The number of rotatable bonds is 3. The Balaban J connectivity index is 1.39. The number of carbonyl (C=O) groups excluding carboxylic acids is 1. The molecule has 2 atom stereocenters. The lowest BCUT2D eigenvalue weighted by Crippen LogP contribution is -2.53. The zero-order valence-electron chi connectivity index (χ0n) is 16.7. The first-order valence-electron chi connectivity index (χ1n) is 10.3. The summed E-state index contributed by atoms with van der Waals surface area (Å²) in [5, 5.41) is 12.7. The van der Waals surface area contributed by atoms with Crippen molar-refractivity contribution < 1.29 is 9.32 Å². The third-order valence-electron chi connectivity index (χ3n) is 6.27. The van der Waals surface area contributed by atoms with Gasteiger partial charge in [-0.3, -0.25) is 9.80 Å². The van der Waals surface area contributed by atoms with Crippen LogP contribution in [0.3, 0.4) is 0 Å². The molecule has 2 unspecified atom stereocenters. The summed E-state index contributed by atoms with van der Waals surface area (Å²) in [5.41, 5.74) is 7.87. The number of allylic oxidation sites excluding steroid dienone is 1. The van der Waals surface area contributed by atoms with E-state index in [1.165, 1.54) is 11.1 Å². The second kappa shape index (κ2) is 7.27. The van der Waals surface area contributed by atoms with Crippen LogP contribution in [0.4, 0.5) is 0 Å². The van der Waals surface area contributed by atoms with Crippen molar-refractivity contribution >= 4 is 5.91 Å². The number of nitrogens with zero attached hydrogens (tertiary/aromatic N) is 3. The summed E-state index contributed by atoms with van der Waals surface area (Å²) in [5.74, 6) is 1.35. The van der Waals surface area contributed by atoms with Crippen molar-refractivity contribution in [1.29, 1.82) is 0 Å². The van der Waals surface area contributed by atoms with E-state index in [0.29, 0.717) is 24.2 Å². The second-order valence-corrected chi connectivity index (χ2v) is 8.14. The largest absolute Gasteiger partial charge is 0.338 e. The Hall–Kier alpha value is -2.71. The Kier molecular flexibility index (Phi) is 4.60. The van der Waals surface area contributed by atoms with Gasteiger partial charge in [-0.1, -0.05) is 17.3 Å². The fourth-order valence-electron chi connectivity index (χ4n) is 4.43. The third kappa shape index (κ3) is 3.32. The van der Waals surface area contributed by atoms with E-state index < -0.39 is 0 Å². The maximum absolute atomic E-state index is 12.4. The van der Waals surface area contributed by atoms with Gasteiger partial charge < -0.3 is 15.2 Å². The van der Waals surface area contributed by atoms with E-state index in [2.05, 4.69) is 57.2 Å². The maximum Gasteiger partial charge on any atom is 0.247 e. The van der Waals surface area contributed by atoms with Gasteiger partial charge in [-0.25, -0.2) is 5.43 Å². The average molecular weight is 394 g/mol. The summed E-state index contributed by atoms with van der Waals surface area (Å²) in [4.78, 5) is 17.1. The molecule has 0 spiro atoms. The van der Waals surface area contributed by atoms with Crippen LogP contribution >= 0.6 is 0 Å². The minimum absolute atomic E-state index is 0.0534. The van der Waals surface area contributed by atoms with E-state index in [9.17, 15) is 4.79 Å². The topological polar surface area (TPSA) is 95.3 Å². The van der Waals surface area contributed by atoms with E-state index in [-0.39, 0.29) is 18.0 Å². The minimum Gasteiger partial charge on any atom is -0.338 e. The molecule has 0 aliphatic carbocycles. The number of amides is 1. The van der Waals surface area contributed by atoms with Gasteiger partial charge in [0.15, 0.2) is 0 Å². The van der Waals surface area contributed by atoms with Crippen LogP contribution in [0.5, 0.6) is 0 Å². The van der Waals surface area contributed by atoms with Gasteiger partial charge in [0.05, 0.1) is 5.92 Å². The molecule has 0 radical (unpaired) electrons. The predicted octanol–water partition coefficient (Wildman–Crippen LogP) is 1.60. The monoisotopic (exact) mass is 394 g/mol. The van der Waals surface area contributed by atoms with Crippen molar-refractivity contribution in [3.05, 3.63) is 47.0 Å². The molecule has 2 fully saturated rings. The van der Waals surface area contributed by atoms with Gasteiger partial charge in [0, 0.05) is 29.8 Å². The van der Waals surface area contributed by atoms with E-state index in [1.807, 2.05) is 6.07 Å². The fraction of sp³-hybridized carbons (Fsp3) is 0.476. The van der Waals surface area contributed by atoms with Crippen molar-refractivity contribution in [3.63, 3.8) is 0 Å². The van der Waals surface area contributed by atoms with Crippen LogP contribution in [0.2, 0.25) is 0 Å². The number of fused-ring (bicyclic) bond motifs is 1. The Morgan fingerprint density at radius 2 is 2.00 bits per heavy atom. The molecule has 1 aromatic heterocycles. The quantitative estimate of drug-likeness (QED) is 0.728. The highest BCUT2D eigenvalue weighted by Crippen LogP contribution is 2.35. The van der Waals surface area contributed by atoms with Gasteiger partial charge in [0.2, 0.25) is 17.6 Å². The first-order chi connectivity index (χ1) is 14.1. The van der Waals surface area contributed by atoms with Crippen LogP contribution in [0.15, 0.2) is 34.5 Å². The number of aryl methyl sites for hydroxylation is 2. The number of benzene rings is 1. The van der Waals surface area contributed by atoms with Crippen LogP contribution in [-0.2, 0) is 4.79 Å². The first kappa shape index (κ1) is 18.3. The van der Waals surface area contributed by atoms with Gasteiger partial charge in [-0.15, -0.1) is 0 Å². The highest BCUT2D eigenvalue weighted by atomic mass is 16.5. The summed E-state index contributed by atoms with van der Waals surface area (Å²) in [6.45, 7) is 6.76. The van der Waals surface area contributed by atoms with Gasteiger partial charge in [-0.05, 0) is 57.0 Å². The molecule has 0 saturated carbocycles. The Bertz CT molecular complexity index is 962. The molecular weight excluding hydrogens is 368 g/mol. The van der Waals surface area contributed by atoms with Gasteiger partial charge in [0.25, 0.3) is 0 Å². The summed E-state index contributed by atoms with van der Waals surface area (Å²) >= 11 is 0. The molecule has 2 aromatic rings. The number of carbonyl (C=O) groups is 1. The SMILES string of the molecule is Cc1ccc(-c2noc(C3CNN4C(C5CCNCC5)=CC(=O)NC34)n2)cc1C. The standard InChI is InChI=1S/C21H26N6O2/c1-12-3-4-15(9-13(12)2)19-25-21(29-26-19)16-11-23-27-17(10-18(28)24-20(16)27)14-5-7-22-8-6-14/h3-4,9-10,14,16,20,22-23H,5-8,11H2,1-2H3,(H,24,28). The summed E-state index contributed by atoms with van der Waals surface area (Å²) < 4.78 is 5.63. The number of piperidine rings is 1. The lowest BCUT2D eigenvalue weighted by Gasteiger charge is -2.38. The first-order valence-corrected chi connectivity index (χ1v) is 10.3. The van der Waals surface area contributed by atoms with Crippen molar-refractivity contribution in [2.24, 2.45) is 5.92 Å². The zero-order valence-corrected chi connectivity index (χ0v) is 16.7. The summed E-state index contributed by atoms with van der Waals surface area (Å²) in [6, 6.07) is 6.15. The maximum atomic E-state index is 12.4. The number of nitrogens with one attached hydrogen (secondary N) is 3. The Morgan fingerprint density at radius 3 is 2.79 bits per heavy atom. The van der Waals surface area contributed by atoms with E-state index in [4.69, 9.17) is 4.52 Å². The van der Waals surface area contributed by atoms with E-state index in [0.717, 1.165) is 37.2 Å². The highest BCUT2D eigenvalue weighted by molar-refractivity contribution is 5.89. The fourth-order valence-corrected chi connectivity index (χ4v) is 4.43. The third-order valence-corrected chi connectivity index (χ3v) is 6.27. The van der Waals surface area contributed by atoms with E-state index in [1.54, 1.807) is 6.08 Å². The van der Waals surface area contributed by atoms with Crippen molar-refractivity contribution in [2.75, 3.05) is 19.6 Å². The van der Waals surface area contributed by atoms with Gasteiger partial charge in [-0.2, -0.15) is 4.98 Å². The van der Waals surface area contributed by atoms with Crippen LogP contribution in [0, 0.1) is 19.8 Å². The molecule has 3 aliphatic rings. The van der Waals surface area contributed by atoms with Gasteiger partial charge >= 0.3 is 0 Å². The molecule has 8 nitrogen and oxygen atoms in total. The minimum atomic E-state index is -0.217. The number of hydrogen-bond acceptors (Lipinski definition) is 7. The molecule has 152 valence electrons. The molecule has 3 aliphatic heterocycles. The normalized spacial score (nSPS) is 25.0. The Labute approximate surface area is 169 Å². The average Bonchev–Trinajstić information content (AvgIpc) is 3.37. The lowest BCUT2D eigenvalue weighted by atomic mass is 9.92. The predicted molar refractivity (Wildman–Crippen MR) is 107 cm³/mol. The second-order valence-electron chi connectivity index (χ2n) is 8.14. The van der Waals surface area contributed by atoms with Crippen LogP contribution in [-0.4, -0.2) is 46.9 Å². The highest BCUT2D eigenvalue weighted by Gasteiger charge is 2.44. The lowest BCUT2D eigenvalue weighted by molar-refractivity contribution is -0.119. The molecule has 1 aromatic carbocycles. The molecule has 0 bridgehead atoms. The number of hydrazine groups is 1. The number of hydrogen-bond donors (Lipinski definition) is 3. The number of aromatic nitrogens is 2. The summed E-state index contributed by atoms with van der Waals surface area (Å²) in [7, 11) is 0. The van der Waals surface area contributed by atoms with Crippen LogP contribution in [0.1, 0.15) is 35.8 Å². The molecule has 3 N–H and O–H groups in total. The molecular formula is C21H26N6O2. The van der Waals surface area contributed by atoms with Crippen molar-refractivity contribution in [1.82, 2.24) is 31.2 Å². The molecule has 4 heterocycles. The molecule has 2 saturated heterocycles. The zero-order chi connectivity index (χ0) is 20.0. The Morgan fingerprint density at radius 1 is 1.17 bits per heavy atom.